The lowest BCUT2D eigenvalue weighted by Gasteiger charge is -1.96. The van der Waals surface area contributed by atoms with E-state index in [0.29, 0.717) is 0 Å². The standard InChI is InChI=1S/C5H4I2N2/c6-3-1-9-2-4(8)5(3)7/h1-2H,8H2. The van der Waals surface area contributed by atoms with Crippen molar-refractivity contribution in [3.8, 4) is 0 Å². The van der Waals surface area contributed by atoms with Crippen LogP contribution < -0.4 is 5.73 Å². The molecule has 2 nitrogen and oxygen atoms in total. The average molecular weight is 346 g/mol. The van der Waals surface area contributed by atoms with Gasteiger partial charge in [-0.2, -0.15) is 0 Å². The van der Waals surface area contributed by atoms with Gasteiger partial charge in [0.15, 0.2) is 0 Å². The maximum Gasteiger partial charge on any atom is 0.0647 e. The Kier molecular flexibility index (Phi) is 2.50. The molecule has 2 N–H and O–H groups in total. The molecule has 1 aromatic heterocycles. The van der Waals surface area contributed by atoms with E-state index in [0.717, 1.165) is 12.8 Å². The molecular formula is C5H4I2N2. The Hall–Kier alpha value is 0.410. The molecule has 0 bridgehead atoms. The molecule has 0 saturated heterocycles. The van der Waals surface area contributed by atoms with Crippen LogP contribution in [0.15, 0.2) is 12.4 Å². The highest BCUT2D eigenvalue weighted by molar-refractivity contribution is 14.1. The minimum absolute atomic E-state index is 0.752. The number of anilines is 1. The molecule has 0 aliphatic rings. The predicted molar refractivity (Wildman–Crippen MR) is 54.1 cm³/mol. The number of hydrogen-bond donors (Lipinski definition) is 1. The van der Waals surface area contributed by atoms with Gasteiger partial charge in [0, 0.05) is 9.77 Å². The van der Waals surface area contributed by atoms with Gasteiger partial charge in [-0.15, -0.1) is 0 Å². The van der Waals surface area contributed by atoms with Crippen molar-refractivity contribution in [3.63, 3.8) is 0 Å². The summed E-state index contributed by atoms with van der Waals surface area (Å²) in [7, 11) is 0. The Morgan fingerprint density at radius 1 is 1.33 bits per heavy atom. The van der Waals surface area contributed by atoms with Gasteiger partial charge in [-0.05, 0) is 45.2 Å². The van der Waals surface area contributed by atoms with Crippen molar-refractivity contribution in [2.24, 2.45) is 0 Å². The summed E-state index contributed by atoms with van der Waals surface area (Å²) in [5.74, 6) is 0. The lowest BCUT2D eigenvalue weighted by atomic mass is 10.4. The zero-order valence-electron chi connectivity index (χ0n) is 4.44. The second-order valence-corrected chi connectivity index (χ2v) is 3.77. The van der Waals surface area contributed by atoms with Gasteiger partial charge in [-0.3, -0.25) is 4.98 Å². The van der Waals surface area contributed by atoms with E-state index in [2.05, 4.69) is 50.2 Å². The van der Waals surface area contributed by atoms with Crippen LogP contribution in [0, 0.1) is 7.14 Å². The van der Waals surface area contributed by atoms with Gasteiger partial charge >= 0.3 is 0 Å². The van der Waals surface area contributed by atoms with E-state index < -0.39 is 0 Å². The minimum Gasteiger partial charge on any atom is -0.397 e. The van der Waals surface area contributed by atoms with E-state index in [1.807, 2.05) is 0 Å². The number of halogens is 2. The summed E-state index contributed by atoms with van der Waals surface area (Å²) in [6.45, 7) is 0. The van der Waals surface area contributed by atoms with Gasteiger partial charge in [0.05, 0.1) is 15.5 Å². The number of nitrogens with zero attached hydrogens (tertiary/aromatic N) is 1. The molecule has 0 unspecified atom stereocenters. The van der Waals surface area contributed by atoms with Crippen LogP contribution in [0.4, 0.5) is 5.69 Å². The van der Waals surface area contributed by atoms with E-state index in [-0.39, 0.29) is 0 Å². The van der Waals surface area contributed by atoms with E-state index in [9.17, 15) is 0 Å². The minimum atomic E-state index is 0.752. The first-order valence-electron chi connectivity index (χ1n) is 2.26. The molecule has 1 heterocycles. The second kappa shape index (κ2) is 3.00. The summed E-state index contributed by atoms with van der Waals surface area (Å²) in [5.41, 5.74) is 6.30. The topological polar surface area (TPSA) is 38.9 Å². The lowest BCUT2D eigenvalue weighted by Crippen LogP contribution is -1.92. The van der Waals surface area contributed by atoms with Gasteiger partial charge in [-0.25, -0.2) is 0 Å². The van der Waals surface area contributed by atoms with E-state index in [4.69, 9.17) is 5.73 Å². The zero-order valence-corrected chi connectivity index (χ0v) is 8.75. The number of rotatable bonds is 0. The maximum atomic E-state index is 5.55. The molecular weight excluding hydrogens is 342 g/mol. The first-order valence-corrected chi connectivity index (χ1v) is 4.42. The SMILES string of the molecule is Nc1cncc(I)c1I. The highest BCUT2D eigenvalue weighted by Crippen LogP contribution is 2.18. The van der Waals surface area contributed by atoms with Crippen LogP contribution in [0.3, 0.4) is 0 Å². The zero-order chi connectivity index (χ0) is 6.85. The van der Waals surface area contributed by atoms with E-state index >= 15 is 0 Å². The molecule has 48 valence electrons. The average Bonchev–Trinajstić information content (AvgIpc) is 1.83. The third kappa shape index (κ3) is 1.66. The molecule has 0 spiro atoms. The highest BCUT2D eigenvalue weighted by atomic mass is 127. The van der Waals surface area contributed by atoms with Crippen molar-refractivity contribution in [2.75, 3.05) is 5.73 Å². The first kappa shape index (κ1) is 7.52. The number of pyridine rings is 1. The van der Waals surface area contributed by atoms with Crippen LogP contribution in [0.25, 0.3) is 0 Å². The fourth-order valence-electron chi connectivity index (χ4n) is 0.434. The fourth-order valence-corrected chi connectivity index (χ4v) is 1.18. The molecule has 0 aliphatic carbocycles. The summed E-state index contributed by atoms with van der Waals surface area (Å²) in [6.07, 6.45) is 3.45. The van der Waals surface area contributed by atoms with Crippen LogP contribution in [0.5, 0.6) is 0 Å². The van der Waals surface area contributed by atoms with Crippen molar-refractivity contribution in [3.05, 3.63) is 19.5 Å². The normalized spacial score (nSPS) is 9.56. The van der Waals surface area contributed by atoms with E-state index in [1.54, 1.807) is 12.4 Å². The van der Waals surface area contributed by atoms with Gasteiger partial charge in [0.2, 0.25) is 0 Å². The number of hydrogen-bond acceptors (Lipinski definition) is 2. The largest absolute Gasteiger partial charge is 0.397 e. The van der Waals surface area contributed by atoms with E-state index in [1.165, 1.54) is 0 Å². The lowest BCUT2D eigenvalue weighted by molar-refractivity contribution is 1.29. The summed E-state index contributed by atoms with van der Waals surface area (Å²) in [4.78, 5) is 3.91. The highest BCUT2D eigenvalue weighted by Gasteiger charge is 1.97. The maximum absolute atomic E-state index is 5.55. The Morgan fingerprint density at radius 3 is 2.44 bits per heavy atom. The van der Waals surface area contributed by atoms with Gasteiger partial charge < -0.3 is 5.73 Å². The molecule has 0 saturated carbocycles. The Morgan fingerprint density at radius 2 is 2.00 bits per heavy atom. The van der Waals surface area contributed by atoms with Gasteiger partial charge in [-0.1, -0.05) is 0 Å². The van der Waals surface area contributed by atoms with Crippen molar-refractivity contribution < 1.29 is 0 Å². The van der Waals surface area contributed by atoms with Crippen molar-refractivity contribution >= 4 is 50.9 Å². The van der Waals surface area contributed by atoms with Gasteiger partial charge in [0.25, 0.3) is 0 Å². The molecule has 0 radical (unpaired) electrons. The molecule has 4 heteroatoms. The molecule has 0 aliphatic heterocycles. The fraction of sp³-hybridized carbons (Fsp3) is 0. The molecule has 0 aromatic carbocycles. The molecule has 0 amide bonds. The van der Waals surface area contributed by atoms with Crippen LogP contribution in [-0.2, 0) is 0 Å². The van der Waals surface area contributed by atoms with Crippen LogP contribution >= 0.6 is 45.2 Å². The molecule has 0 atom stereocenters. The van der Waals surface area contributed by atoms with Gasteiger partial charge in [0.1, 0.15) is 0 Å². The van der Waals surface area contributed by atoms with Crippen molar-refractivity contribution in [1.82, 2.24) is 4.98 Å². The summed E-state index contributed by atoms with van der Waals surface area (Å²) in [6, 6.07) is 0. The smallest absolute Gasteiger partial charge is 0.0647 e. The summed E-state index contributed by atoms with van der Waals surface area (Å²) in [5, 5.41) is 0. The van der Waals surface area contributed by atoms with Crippen LogP contribution in [0.1, 0.15) is 0 Å². The third-order valence-corrected chi connectivity index (χ3v) is 3.92. The molecule has 0 fully saturated rings. The third-order valence-electron chi connectivity index (χ3n) is 0.865. The molecule has 1 aromatic rings. The number of nitrogen functional groups attached to an aromatic ring is 1. The Bertz CT molecular complexity index is 204. The quantitative estimate of drug-likeness (QED) is 0.729. The number of nitrogens with two attached hydrogens (primary N) is 1. The van der Waals surface area contributed by atoms with Crippen molar-refractivity contribution in [2.45, 2.75) is 0 Å². The second-order valence-electron chi connectivity index (χ2n) is 1.52. The number of aromatic nitrogens is 1. The monoisotopic (exact) mass is 346 g/mol. The summed E-state index contributed by atoms with van der Waals surface area (Å²) >= 11 is 4.40. The van der Waals surface area contributed by atoms with Crippen molar-refractivity contribution in [1.29, 1.82) is 0 Å². The van der Waals surface area contributed by atoms with Crippen LogP contribution in [0.2, 0.25) is 0 Å². The molecule has 9 heavy (non-hydrogen) atoms. The van der Waals surface area contributed by atoms with Crippen LogP contribution in [-0.4, -0.2) is 4.98 Å². The first-order chi connectivity index (χ1) is 4.22. The Balaban J connectivity index is 3.25. The Labute approximate surface area is 80.5 Å². The predicted octanol–water partition coefficient (Wildman–Crippen LogP) is 1.87. The molecule has 1 rings (SSSR count). The summed E-state index contributed by atoms with van der Waals surface area (Å²) < 4.78 is 2.19.